The van der Waals surface area contributed by atoms with Gasteiger partial charge in [0.25, 0.3) is 5.91 Å². The molecule has 0 unspecified atom stereocenters. The van der Waals surface area contributed by atoms with Gasteiger partial charge in [-0.3, -0.25) is 14.4 Å². The number of carbonyl (C=O) groups is 3. The summed E-state index contributed by atoms with van der Waals surface area (Å²) in [6, 6.07) is 13.5. The molecule has 2 amide bonds. The Hall–Kier alpha value is -3.09. The summed E-state index contributed by atoms with van der Waals surface area (Å²) in [4.78, 5) is 38.6. The zero-order chi connectivity index (χ0) is 20.1. The van der Waals surface area contributed by atoms with Crippen molar-refractivity contribution in [3.63, 3.8) is 0 Å². The smallest absolute Gasteiger partial charge is 0.306 e. The number of likely N-dealkylation sites (N-methyl/N-ethyl adjacent to an activating group) is 1. The van der Waals surface area contributed by atoms with Crippen molar-refractivity contribution < 1.29 is 24.2 Å². The molecule has 1 aliphatic heterocycles. The van der Waals surface area contributed by atoms with Gasteiger partial charge in [-0.05, 0) is 35.7 Å². The number of rotatable bonds is 6. The van der Waals surface area contributed by atoms with Gasteiger partial charge in [-0.15, -0.1) is 0 Å². The van der Waals surface area contributed by atoms with Gasteiger partial charge in [0.1, 0.15) is 5.75 Å². The van der Waals surface area contributed by atoms with Crippen LogP contribution in [0, 0.1) is 5.92 Å². The van der Waals surface area contributed by atoms with Gasteiger partial charge in [0.2, 0.25) is 5.91 Å². The van der Waals surface area contributed by atoms with E-state index < -0.39 is 11.9 Å². The molecule has 0 atom stereocenters. The number of hydrogen-bond donors (Lipinski definition) is 1. The van der Waals surface area contributed by atoms with E-state index in [1.54, 1.807) is 11.9 Å². The Labute approximate surface area is 163 Å². The highest BCUT2D eigenvalue weighted by molar-refractivity contribution is 5.86. The lowest BCUT2D eigenvalue weighted by atomic mass is 9.97. The first kappa shape index (κ1) is 19.7. The van der Waals surface area contributed by atoms with Crippen molar-refractivity contribution in [2.24, 2.45) is 5.92 Å². The van der Waals surface area contributed by atoms with Gasteiger partial charge in [-0.1, -0.05) is 30.3 Å². The number of piperidine rings is 1. The topological polar surface area (TPSA) is 87.2 Å². The molecule has 1 aliphatic rings. The number of aliphatic carboxylic acids is 1. The summed E-state index contributed by atoms with van der Waals surface area (Å²) in [5, 5.41) is 11.1. The molecular formula is C21H24N2O5. The molecule has 7 nitrogen and oxygen atoms in total. The van der Waals surface area contributed by atoms with E-state index >= 15 is 0 Å². The first-order valence-electron chi connectivity index (χ1n) is 9.30. The van der Waals surface area contributed by atoms with Crippen LogP contribution in [0.5, 0.6) is 5.75 Å². The second kappa shape index (κ2) is 8.73. The van der Waals surface area contributed by atoms with Gasteiger partial charge in [0.05, 0.1) is 12.5 Å². The Kier molecular flexibility index (Phi) is 6.13. The number of ether oxygens (including phenoxy) is 1. The highest BCUT2D eigenvalue weighted by Gasteiger charge is 2.27. The average Bonchev–Trinajstić information content (AvgIpc) is 2.71. The first-order chi connectivity index (χ1) is 13.4. The summed E-state index contributed by atoms with van der Waals surface area (Å²) < 4.78 is 5.58. The van der Waals surface area contributed by atoms with E-state index in [1.807, 2.05) is 42.5 Å². The quantitative estimate of drug-likeness (QED) is 0.823. The van der Waals surface area contributed by atoms with E-state index in [0.717, 1.165) is 10.8 Å². The summed E-state index contributed by atoms with van der Waals surface area (Å²) in [6.07, 6.45) is 0.896. The number of benzene rings is 2. The van der Waals surface area contributed by atoms with Gasteiger partial charge in [-0.25, -0.2) is 0 Å². The monoisotopic (exact) mass is 384 g/mol. The first-order valence-corrected chi connectivity index (χ1v) is 9.30. The van der Waals surface area contributed by atoms with E-state index in [-0.39, 0.29) is 25.0 Å². The van der Waals surface area contributed by atoms with Crippen molar-refractivity contribution in [1.29, 1.82) is 0 Å². The molecule has 1 N–H and O–H groups in total. The lowest BCUT2D eigenvalue weighted by molar-refractivity contribution is -0.146. The van der Waals surface area contributed by atoms with Gasteiger partial charge < -0.3 is 19.6 Å². The Morgan fingerprint density at radius 3 is 2.46 bits per heavy atom. The number of carboxylic acids is 1. The standard InChI is InChI=1S/C21H24N2O5/c1-22(13-19(24)23-10-8-16(9-11-23)21(26)27)20(25)14-28-18-7-6-15-4-2-3-5-17(15)12-18/h2-7,12,16H,8-11,13-14H2,1H3,(H,26,27). The maximum Gasteiger partial charge on any atom is 0.306 e. The van der Waals surface area contributed by atoms with Crippen LogP contribution in [0.2, 0.25) is 0 Å². The van der Waals surface area contributed by atoms with Crippen LogP contribution in [0.1, 0.15) is 12.8 Å². The molecule has 0 aromatic heterocycles. The third-order valence-electron chi connectivity index (χ3n) is 5.08. The molecule has 0 spiro atoms. The molecule has 28 heavy (non-hydrogen) atoms. The van der Waals surface area contributed by atoms with E-state index in [2.05, 4.69) is 0 Å². The molecule has 148 valence electrons. The van der Waals surface area contributed by atoms with Crippen LogP contribution in [-0.2, 0) is 14.4 Å². The molecule has 0 aliphatic carbocycles. The molecule has 7 heteroatoms. The highest BCUT2D eigenvalue weighted by Crippen LogP contribution is 2.20. The summed E-state index contributed by atoms with van der Waals surface area (Å²) >= 11 is 0. The number of fused-ring (bicyclic) bond motifs is 1. The van der Waals surface area contributed by atoms with E-state index in [1.165, 1.54) is 4.90 Å². The zero-order valence-corrected chi connectivity index (χ0v) is 15.8. The van der Waals surface area contributed by atoms with Crippen LogP contribution in [0.25, 0.3) is 10.8 Å². The van der Waals surface area contributed by atoms with Crippen molar-refractivity contribution in [3.8, 4) is 5.75 Å². The van der Waals surface area contributed by atoms with Gasteiger partial charge in [0.15, 0.2) is 6.61 Å². The molecule has 0 saturated carbocycles. The van der Waals surface area contributed by atoms with E-state index in [4.69, 9.17) is 9.84 Å². The van der Waals surface area contributed by atoms with Crippen molar-refractivity contribution in [3.05, 3.63) is 42.5 Å². The lowest BCUT2D eigenvalue weighted by Gasteiger charge is -2.31. The Bertz CT molecular complexity index is 874. The summed E-state index contributed by atoms with van der Waals surface area (Å²) in [6.45, 7) is 0.623. The molecular weight excluding hydrogens is 360 g/mol. The fourth-order valence-electron chi connectivity index (χ4n) is 3.28. The number of carboxylic acid groups (broad SMARTS) is 1. The summed E-state index contributed by atoms with van der Waals surface area (Å²) in [5.74, 6) is -1.07. The Morgan fingerprint density at radius 2 is 1.79 bits per heavy atom. The minimum Gasteiger partial charge on any atom is -0.484 e. The third-order valence-corrected chi connectivity index (χ3v) is 5.08. The van der Waals surface area contributed by atoms with Gasteiger partial charge >= 0.3 is 5.97 Å². The van der Waals surface area contributed by atoms with Gasteiger partial charge in [-0.2, -0.15) is 0 Å². The third kappa shape index (κ3) is 4.79. The van der Waals surface area contributed by atoms with E-state index in [9.17, 15) is 14.4 Å². The van der Waals surface area contributed by atoms with Crippen LogP contribution in [-0.4, -0.2) is 66.0 Å². The maximum atomic E-state index is 12.4. The Morgan fingerprint density at radius 1 is 1.11 bits per heavy atom. The van der Waals surface area contributed by atoms with Crippen LogP contribution in [0.15, 0.2) is 42.5 Å². The molecule has 3 rings (SSSR count). The van der Waals surface area contributed by atoms with Gasteiger partial charge in [0, 0.05) is 20.1 Å². The van der Waals surface area contributed by atoms with E-state index in [0.29, 0.717) is 31.7 Å². The Balaban J connectivity index is 1.47. The maximum absolute atomic E-state index is 12.4. The number of likely N-dealkylation sites (tertiary alicyclic amines) is 1. The predicted molar refractivity (Wildman–Crippen MR) is 104 cm³/mol. The molecule has 2 aromatic rings. The molecule has 1 heterocycles. The molecule has 1 fully saturated rings. The summed E-state index contributed by atoms with van der Waals surface area (Å²) in [7, 11) is 1.56. The van der Waals surface area contributed by atoms with Crippen molar-refractivity contribution in [1.82, 2.24) is 9.80 Å². The normalized spacial score (nSPS) is 14.7. The summed E-state index contributed by atoms with van der Waals surface area (Å²) in [5.41, 5.74) is 0. The minimum absolute atomic E-state index is 0.0440. The molecule has 0 bridgehead atoms. The SMILES string of the molecule is CN(CC(=O)N1CCC(C(=O)O)CC1)C(=O)COc1ccc2ccccc2c1. The largest absolute Gasteiger partial charge is 0.484 e. The van der Waals surface area contributed by atoms with Crippen molar-refractivity contribution in [2.75, 3.05) is 33.3 Å². The van der Waals surface area contributed by atoms with Crippen LogP contribution < -0.4 is 4.74 Å². The lowest BCUT2D eigenvalue weighted by Crippen LogP contribution is -2.46. The fraction of sp³-hybridized carbons (Fsp3) is 0.381. The number of amides is 2. The highest BCUT2D eigenvalue weighted by atomic mass is 16.5. The molecule has 1 saturated heterocycles. The average molecular weight is 384 g/mol. The zero-order valence-electron chi connectivity index (χ0n) is 15.8. The van der Waals surface area contributed by atoms with Crippen molar-refractivity contribution in [2.45, 2.75) is 12.8 Å². The van der Waals surface area contributed by atoms with Crippen LogP contribution >= 0.6 is 0 Å². The number of nitrogens with zero attached hydrogens (tertiary/aromatic N) is 2. The second-order valence-corrected chi connectivity index (χ2v) is 7.04. The van der Waals surface area contributed by atoms with Crippen molar-refractivity contribution >= 4 is 28.6 Å². The van der Waals surface area contributed by atoms with Crippen LogP contribution in [0.3, 0.4) is 0 Å². The molecule has 2 aromatic carbocycles. The number of carbonyl (C=O) groups excluding carboxylic acids is 2. The second-order valence-electron chi connectivity index (χ2n) is 7.04. The molecule has 0 radical (unpaired) electrons. The van der Waals surface area contributed by atoms with Crippen LogP contribution in [0.4, 0.5) is 0 Å². The fourth-order valence-corrected chi connectivity index (χ4v) is 3.28. The number of hydrogen-bond acceptors (Lipinski definition) is 4. The minimum atomic E-state index is -0.815. The predicted octanol–water partition coefficient (Wildman–Crippen LogP) is 2.00.